The molecule has 0 radical (unpaired) electrons. The summed E-state index contributed by atoms with van der Waals surface area (Å²) in [7, 11) is 0. The van der Waals surface area contributed by atoms with Gasteiger partial charge in [-0.05, 0) is 25.3 Å². The van der Waals surface area contributed by atoms with Gasteiger partial charge in [-0.3, -0.25) is 0 Å². The lowest BCUT2D eigenvalue weighted by molar-refractivity contribution is 0.301. The van der Waals surface area contributed by atoms with E-state index in [1.54, 1.807) is 0 Å². The van der Waals surface area contributed by atoms with Crippen molar-refractivity contribution in [2.45, 2.75) is 37.9 Å². The van der Waals surface area contributed by atoms with E-state index in [4.69, 9.17) is 5.73 Å². The molecule has 0 bridgehead atoms. The van der Waals surface area contributed by atoms with Crippen LogP contribution in [0.1, 0.15) is 31.4 Å². The number of hydrogen-bond acceptors (Lipinski definition) is 2. The number of rotatable bonds is 1. The third-order valence-corrected chi connectivity index (χ3v) is 2.98. The normalized spacial score (nSPS) is 32.9. The van der Waals surface area contributed by atoms with Gasteiger partial charge in [0.2, 0.25) is 0 Å². The molecule has 3 N–H and O–H groups in total. The molecule has 0 amide bonds. The summed E-state index contributed by atoms with van der Waals surface area (Å²) in [5.41, 5.74) is 7.42. The van der Waals surface area contributed by atoms with E-state index in [0.717, 1.165) is 6.42 Å². The maximum Gasteiger partial charge on any atom is 0.0475 e. The maximum absolute atomic E-state index is 6.11. The standard InChI is InChI=1S/C12H18N2/c1-9-7-8-11(13)12(14-9)10-5-3-2-4-6-10/h2-6,9,11-12,14H,7-8,13H2,1H3/t9-,11-,12-/m1/s1. The summed E-state index contributed by atoms with van der Waals surface area (Å²) in [6.07, 6.45) is 2.30. The molecule has 1 aromatic rings. The molecule has 2 rings (SSSR count). The van der Waals surface area contributed by atoms with E-state index in [0.29, 0.717) is 12.1 Å². The molecule has 76 valence electrons. The van der Waals surface area contributed by atoms with Gasteiger partial charge in [0.1, 0.15) is 0 Å². The van der Waals surface area contributed by atoms with Crippen molar-refractivity contribution < 1.29 is 0 Å². The highest BCUT2D eigenvalue weighted by molar-refractivity contribution is 5.21. The monoisotopic (exact) mass is 190 g/mol. The van der Waals surface area contributed by atoms with E-state index >= 15 is 0 Å². The second-order valence-corrected chi connectivity index (χ2v) is 4.20. The van der Waals surface area contributed by atoms with Crippen LogP contribution >= 0.6 is 0 Å². The van der Waals surface area contributed by atoms with Crippen molar-refractivity contribution in [3.63, 3.8) is 0 Å². The highest BCUT2D eigenvalue weighted by atomic mass is 15.0. The third-order valence-electron chi connectivity index (χ3n) is 2.98. The molecule has 1 aromatic carbocycles. The second-order valence-electron chi connectivity index (χ2n) is 4.20. The zero-order valence-electron chi connectivity index (χ0n) is 8.61. The molecule has 2 nitrogen and oxygen atoms in total. The van der Waals surface area contributed by atoms with Gasteiger partial charge in [0, 0.05) is 18.1 Å². The quantitative estimate of drug-likeness (QED) is 0.709. The molecule has 1 fully saturated rings. The zero-order chi connectivity index (χ0) is 9.97. The van der Waals surface area contributed by atoms with Crippen LogP contribution in [0.25, 0.3) is 0 Å². The van der Waals surface area contributed by atoms with Crippen LogP contribution < -0.4 is 11.1 Å². The summed E-state index contributed by atoms with van der Waals surface area (Å²) in [5, 5.41) is 3.56. The van der Waals surface area contributed by atoms with Crippen LogP contribution in [0, 0.1) is 0 Å². The van der Waals surface area contributed by atoms with Crippen molar-refractivity contribution in [1.29, 1.82) is 0 Å². The number of piperidine rings is 1. The van der Waals surface area contributed by atoms with Crippen molar-refractivity contribution in [1.82, 2.24) is 5.32 Å². The molecule has 1 heterocycles. The van der Waals surface area contributed by atoms with E-state index in [1.165, 1.54) is 12.0 Å². The van der Waals surface area contributed by atoms with Gasteiger partial charge in [-0.15, -0.1) is 0 Å². The molecule has 1 saturated heterocycles. The maximum atomic E-state index is 6.11. The van der Waals surface area contributed by atoms with Gasteiger partial charge in [0.25, 0.3) is 0 Å². The van der Waals surface area contributed by atoms with E-state index in [-0.39, 0.29) is 6.04 Å². The average Bonchev–Trinajstić information content (AvgIpc) is 2.23. The molecule has 1 aliphatic heterocycles. The summed E-state index contributed by atoms with van der Waals surface area (Å²) >= 11 is 0. The fourth-order valence-electron chi connectivity index (χ4n) is 2.13. The third kappa shape index (κ3) is 1.97. The van der Waals surface area contributed by atoms with Gasteiger partial charge in [-0.1, -0.05) is 30.3 Å². The molecule has 14 heavy (non-hydrogen) atoms. The van der Waals surface area contributed by atoms with Crippen molar-refractivity contribution in [2.75, 3.05) is 0 Å². The Balaban J connectivity index is 2.16. The van der Waals surface area contributed by atoms with Crippen molar-refractivity contribution >= 4 is 0 Å². The van der Waals surface area contributed by atoms with Crippen molar-refractivity contribution in [2.24, 2.45) is 5.73 Å². The Kier molecular flexibility index (Phi) is 2.85. The number of hydrogen-bond donors (Lipinski definition) is 2. The largest absolute Gasteiger partial charge is 0.326 e. The van der Waals surface area contributed by atoms with Gasteiger partial charge < -0.3 is 11.1 Å². The van der Waals surface area contributed by atoms with Crippen LogP contribution in [0.2, 0.25) is 0 Å². The Morgan fingerprint density at radius 1 is 1.21 bits per heavy atom. The van der Waals surface area contributed by atoms with E-state index in [9.17, 15) is 0 Å². The van der Waals surface area contributed by atoms with Gasteiger partial charge in [-0.2, -0.15) is 0 Å². The van der Waals surface area contributed by atoms with Crippen molar-refractivity contribution in [3.8, 4) is 0 Å². The first kappa shape index (κ1) is 9.69. The molecule has 0 unspecified atom stereocenters. The Morgan fingerprint density at radius 2 is 1.93 bits per heavy atom. The lowest BCUT2D eigenvalue weighted by Crippen LogP contribution is -2.46. The first-order chi connectivity index (χ1) is 6.77. The van der Waals surface area contributed by atoms with Crippen LogP contribution in [0.15, 0.2) is 30.3 Å². The fourth-order valence-corrected chi connectivity index (χ4v) is 2.13. The fraction of sp³-hybridized carbons (Fsp3) is 0.500. The molecule has 2 heteroatoms. The summed E-state index contributed by atoms with van der Waals surface area (Å²) in [6, 6.07) is 11.7. The summed E-state index contributed by atoms with van der Waals surface area (Å²) < 4.78 is 0. The predicted molar refractivity (Wildman–Crippen MR) is 59.0 cm³/mol. The van der Waals surface area contributed by atoms with E-state index < -0.39 is 0 Å². The highest BCUT2D eigenvalue weighted by Crippen LogP contribution is 2.24. The van der Waals surface area contributed by atoms with Gasteiger partial charge in [0.15, 0.2) is 0 Å². The lowest BCUT2D eigenvalue weighted by Gasteiger charge is -2.34. The molecule has 1 aliphatic rings. The molecule has 0 spiro atoms. The van der Waals surface area contributed by atoms with Crippen LogP contribution in [-0.2, 0) is 0 Å². The Morgan fingerprint density at radius 3 is 2.64 bits per heavy atom. The molecule has 0 aliphatic carbocycles. The molecular weight excluding hydrogens is 172 g/mol. The Labute approximate surface area is 85.5 Å². The second kappa shape index (κ2) is 4.11. The van der Waals surface area contributed by atoms with Gasteiger partial charge >= 0.3 is 0 Å². The minimum atomic E-state index is 0.258. The Hall–Kier alpha value is -0.860. The zero-order valence-corrected chi connectivity index (χ0v) is 8.61. The van der Waals surface area contributed by atoms with E-state index in [2.05, 4.69) is 36.5 Å². The minimum Gasteiger partial charge on any atom is -0.326 e. The van der Waals surface area contributed by atoms with Crippen LogP contribution in [0.5, 0.6) is 0 Å². The molecule has 3 atom stereocenters. The average molecular weight is 190 g/mol. The summed E-state index contributed by atoms with van der Waals surface area (Å²) in [4.78, 5) is 0. The topological polar surface area (TPSA) is 38.0 Å². The first-order valence-electron chi connectivity index (χ1n) is 5.34. The number of benzene rings is 1. The smallest absolute Gasteiger partial charge is 0.0475 e. The summed E-state index contributed by atoms with van der Waals surface area (Å²) in [5.74, 6) is 0. The highest BCUT2D eigenvalue weighted by Gasteiger charge is 2.25. The number of nitrogens with two attached hydrogens (primary N) is 1. The number of nitrogens with one attached hydrogen (secondary N) is 1. The molecule has 0 saturated carbocycles. The minimum absolute atomic E-state index is 0.258. The van der Waals surface area contributed by atoms with Crippen molar-refractivity contribution in [3.05, 3.63) is 35.9 Å². The Bertz CT molecular complexity index is 284. The summed E-state index contributed by atoms with van der Waals surface area (Å²) in [6.45, 7) is 2.22. The predicted octanol–water partition coefficient (Wildman–Crippen LogP) is 1.83. The molecule has 0 aromatic heterocycles. The lowest BCUT2D eigenvalue weighted by atomic mass is 9.90. The SMILES string of the molecule is C[C@@H]1CC[C@@H](N)[C@@H](c2ccccc2)N1. The van der Waals surface area contributed by atoms with Crippen LogP contribution in [-0.4, -0.2) is 12.1 Å². The first-order valence-corrected chi connectivity index (χ1v) is 5.34. The van der Waals surface area contributed by atoms with E-state index in [1.807, 2.05) is 6.07 Å². The van der Waals surface area contributed by atoms with Gasteiger partial charge in [0.05, 0.1) is 0 Å². The molecular formula is C12H18N2. The van der Waals surface area contributed by atoms with Crippen LogP contribution in [0.3, 0.4) is 0 Å². The van der Waals surface area contributed by atoms with Crippen LogP contribution in [0.4, 0.5) is 0 Å². The van der Waals surface area contributed by atoms with Gasteiger partial charge in [-0.25, -0.2) is 0 Å².